The molecule has 0 radical (unpaired) electrons. The van der Waals surface area contributed by atoms with Crippen LogP contribution in [0.4, 0.5) is 79.0 Å². The van der Waals surface area contributed by atoms with Crippen molar-refractivity contribution < 1.29 is 98.1 Å². The Hall–Kier alpha value is -2.91. The van der Waals surface area contributed by atoms with Crippen LogP contribution in [0, 0.1) is 0 Å². The molecule has 0 aromatic rings. The fourth-order valence-corrected chi connectivity index (χ4v) is 2.01. The lowest BCUT2D eigenvalue weighted by atomic mass is 10.00. The zero-order valence-corrected chi connectivity index (χ0v) is 18.0. The highest BCUT2D eigenvalue weighted by Crippen LogP contribution is 2.55. The number of rotatable bonds is 10. The van der Waals surface area contributed by atoms with Gasteiger partial charge in [0.15, 0.2) is 0 Å². The van der Waals surface area contributed by atoms with E-state index in [2.05, 4.69) is 11.3 Å². The van der Waals surface area contributed by atoms with E-state index in [1.807, 2.05) is 0 Å². The molecule has 0 spiro atoms. The molecule has 0 saturated heterocycles. The van der Waals surface area contributed by atoms with Crippen LogP contribution >= 0.6 is 0 Å². The van der Waals surface area contributed by atoms with E-state index in [-0.39, 0.29) is 0 Å². The maximum absolute atomic E-state index is 13.9. The fourth-order valence-electron chi connectivity index (χ4n) is 2.01. The maximum Gasteiger partial charge on any atom is 0.460 e. The number of halogens is 18. The molecule has 0 heterocycles. The van der Waals surface area contributed by atoms with Gasteiger partial charge in [-0.25, -0.2) is 4.79 Å². The molecule has 0 atom stereocenters. The van der Waals surface area contributed by atoms with E-state index in [0.717, 1.165) is 6.92 Å². The molecule has 0 aliphatic heterocycles. The standard InChI is InChI=1S/C16H9F18NO4/c1-5(2)6(36)39-4-3-35(7(37)9(17,18)11(21,22)13(25,26)15(29,30)31)8(38)10(19,20)12(23,24)14(27,28)16(32,33)34/h1,3-4H2,2H3. The normalized spacial score (nSPS) is 14.6. The largest absolute Gasteiger partial charge is 0.460 e. The summed E-state index contributed by atoms with van der Waals surface area (Å²) < 4.78 is 239. The Morgan fingerprint density at radius 3 is 1.10 bits per heavy atom. The number of hydrogen-bond acceptors (Lipinski definition) is 4. The summed E-state index contributed by atoms with van der Waals surface area (Å²) in [5.41, 5.74) is -0.706. The second-order valence-corrected chi connectivity index (χ2v) is 7.12. The van der Waals surface area contributed by atoms with Crippen LogP contribution in [0.5, 0.6) is 0 Å². The molecule has 228 valence electrons. The average Bonchev–Trinajstić information content (AvgIpc) is 2.73. The number of carbonyl (C=O) groups excluding carboxylic acids is 3. The summed E-state index contributed by atoms with van der Waals surface area (Å²) in [6.07, 6.45) is -15.3. The molecule has 0 rings (SSSR count). The molecule has 0 aromatic carbocycles. The predicted molar refractivity (Wildman–Crippen MR) is 84.3 cm³/mol. The highest BCUT2D eigenvalue weighted by molar-refractivity contribution is 6.02. The fraction of sp³-hybridized carbons (Fsp3) is 0.688. The monoisotopic (exact) mass is 621 g/mol. The van der Waals surface area contributed by atoms with Gasteiger partial charge in [-0.3, -0.25) is 14.5 Å². The smallest absolute Gasteiger partial charge is 0.460 e. The molecule has 2 amide bonds. The topological polar surface area (TPSA) is 63.7 Å². The Bertz CT molecular complexity index is 919. The van der Waals surface area contributed by atoms with Crippen molar-refractivity contribution in [2.45, 2.75) is 54.8 Å². The summed E-state index contributed by atoms with van der Waals surface area (Å²) in [6, 6.07) is 0. The first kappa shape index (κ1) is 36.1. The van der Waals surface area contributed by atoms with Crippen molar-refractivity contribution in [1.29, 1.82) is 0 Å². The zero-order valence-electron chi connectivity index (χ0n) is 18.0. The van der Waals surface area contributed by atoms with Gasteiger partial charge in [0.25, 0.3) is 0 Å². The van der Waals surface area contributed by atoms with Crippen molar-refractivity contribution in [1.82, 2.24) is 4.90 Å². The number of ether oxygens (including phenoxy) is 1. The summed E-state index contributed by atoms with van der Waals surface area (Å²) in [5.74, 6) is -58.4. The Kier molecular flexibility index (Phi) is 9.48. The third-order valence-electron chi connectivity index (χ3n) is 4.21. The molecule has 23 heteroatoms. The lowest BCUT2D eigenvalue weighted by molar-refractivity contribution is -0.391. The number of esters is 1. The Morgan fingerprint density at radius 2 is 0.872 bits per heavy atom. The van der Waals surface area contributed by atoms with Gasteiger partial charge in [-0.2, -0.15) is 79.0 Å². The van der Waals surface area contributed by atoms with Crippen molar-refractivity contribution in [3.05, 3.63) is 12.2 Å². The summed E-state index contributed by atoms with van der Waals surface area (Å²) in [7, 11) is 0. The van der Waals surface area contributed by atoms with E-state index in [4.69, 9.17) is 0 Å². The minimum absolute atomic E-state index is 0.706. The lowest BCUT2D eigenvalue weighted by Gasteiger charge is -2.37. The second-order valence-electron chi connectivity index (χ2n) is 7.12. The molecule has 0 N–H and O–H groups in total. The molecular formula is C16H9F18NO4. The molecule has 0 bridgehead atoms. The summed E-state index contributed by atoms with van der Waals surface area (Å²) in [5, 5.41) is 0. The average molecular weight is 621 g/mol. The first-order valence-electron chi connectivity index (χ1n) is 8.87. The molecular weight excluding hydrogens is 612 g/mol. The molecule has 0 fully saturated rings. The zero-order chi connectivity index (χ0) is 32.0. The van der Waals surface area contributed by atoms with Crippen LogP contribution in [0.25, 0.3) is 0 Å². The summed E-state index contributed by atoms with van der Waals surface area (Å²) in [4.78, 5) is 32.0. The molecule has 0 aromatic heterocycles. The Balaban J connectivity index is 6.95. The number of hydrogen-bond donors (Lipinski definition) is 0. The molecule has 0 saturated carbocycles. The van der Waals surface area contributed by atoms with Crippen molar-refractivity contribution in [2.75, 3.05) is 13.2 Å². The van der Waals surface area contributed by atoms with Crippen molar-refractivity contribution in [3.63, 3.8) is 0 Å². The molecule has 0 aliphatic rings. The van der Waals surface area contributed by atoms with Crippen molar-refractivity contribution in [2.24, 2.45) is 0 Å². The number of alkyl halides is 18. The van der Waals surface area contributed by atoms with Crippen LogP contribution < -0.4 is 0 Å². The van der Waals surface area contributed by atoms with Gasteiger partial charge in [0.2, 0.25) is 0 Å². The second kappa shape index (κ2) is 10.2. The number of imide groups is 1. The van der Waals surface area contributed by atoms with Gasteiger partial charge >= 0.3 is 65.7 Å². The SMILES string of the molecule is C=C(C)C(=O)OCCN(C(=O)C(F)(F)C(F)(F)C(F)(F)C(F)(F)F)C(=O)C(F)(F)C(F)(F)C(F)(F)C(F)(F)F. The highest BCUT2D eigenvalue weighted by atomic mass is 19.4. The number of amides is 2. The van der Waals surface area contributed by atoms with E-state index < -0.39 is 89.3 Å². The van der Waals surface area contributed by atoms with E-state index in [1.54, 1.807) is 0 Å². The van der Waals surface area contributed by atoms with Crippen LogP contribution in [0.15, 0.2) is 12.2 Å². The van der Waals surface area contributed by atoms with Crippen LogP contribution in [0.1, 0.15) is 6.92 Å². The van der Waals surface area contributed by atoms with Crippen LogP contribution in [-0.4, -0.2) is 83.7 Å². The Morgan fingerprint density at radius 1 is 0.590 bits per heavy atom. The van der Waals surface area contributed by atoms with Crippen LogP contribution in [0.3, 0.4) is 0 Å². The molecule has 5 nitrogen and oxygen atoms in total. The van der Waals surface area contributed by atoms with Gasteiger partial charge in [-0.05, 0) is 6.92 Å². The molecule has 0 aliphatic carbocycles. The molecule has 0 unspecified atom stereocenters. The van der Waals surface area contributed by atoms with Crippen LogP contribution in [0.2, 0.25) is 0 Å². The quantitative estimate of drug-likeness (QED) is 0.187. The van der Waals surface area contributed by atoms with Gasteiger partial charge in [-0.1, -0.05) is 6.58 Å². The van der Waals surface area contributed by atoms with E-state index >= 15 is 0 Å². The maximum atomic E-state index is 13.9. The van der Waals surface area contributed by atoms with Gasteiger partial charge in [0.05, 0.1) is 6.54 Å². The molecule has 39 heavy (non-hydrogen) atoms. The van der Waals surface area contributed by atoms with Crippen LogP contribution in [-0.2, 0) is 19.1 Å². The van der Waals surface area contributed by atoms with Gasteiger partial charge < -0.3 is 4.74 Å². The minimum Gasteiger partial charge on any atom is -0.460 e. The first-order chi connectivity index (χ1) is 16.8. The van der Waals surface area contributed by atoms with E-state index in [0.29, 0.717) is 0 Å². The Labute approximate surface area is 202 Å². The van der Waals surface area contributed by atoms with Crippen molar-refractivity contribution in [3.8, 4) is 0 Å². The van der Waals surface area contributed by atoms with E-state index in [1.165, 1.54) is 0 Å². The van der Waals surface area contributed by atoms with Gasteiger partial charge in [-0.15, -0.1) is 0 Å². The van der Waals surface area contributed by atoms with Gasteiger partial charge in [0.1, 0.15) is 6.61 Å². The van der Waals surface area contributed by atoms with Gasteiger partial charge in [0, 0.05) is 5.57 Å². The number of nitrogens with zero attached hydrogens (tertiary/aromatic N) is 1. The summed E-state index contributed by atoms with van der Waals surface area (Å²) in [6.45, 7) is -1.16. The summed E-state index contributed by atoms with van der Waals surface area (Å²) >= 11 is 0. The lowest BCUT2D eigenvalue weighted by Crippen LogP contribution is -2.70. The third-order valence-corrected chi connectivity index (χ3v) is 4.21. The highest BCUT2D eigenvalue weighted by Gasteiger charge is 2.86. The predicted octanol–water partition coefficient (Wildman–Crippen LogP) is 5.40. The first-order valence-corrected chi connectivity index (χ1v) is 8.87. The number of carbonyl (C=O) groups is 3. The van der Waals surface area contributed by atoms with Crippen molar-refractivity contribution >= 4 is 17.8 Å². The minimum atomic E-state index is -8.05. The van der Waals surface area contributed by atoms with E-state index in [9.17, 15) is 93.4 Å². The third kappa shape index (κ3) is 5.84.